The molecule has 3 amide bonds. The number of rotatable bonds is 6. The van der Waals surface area contributed by atoms with Gasteiger partial charge in [0.1, 0.15) is 5.82 Å². The second kappa shape index (κ2) is 8.06. The summed E-state index contributed by atoms with van der Waals surface area (Å²) in [7, 11) is 1.71. The number of amides is 3. The smallest absolute Gasteiger partial charge is 0.321 e. The number of hydrogen-bond donors (Lipinski definition) is 2. The van der Waals surface area contributed by atoms with Gasteiger partial charge in [-0.25, -0.2) is 9.18 Å². The molecule has 1 rings (SSSR count). The van der Waals surface area contributed by atoms with Gasteiger partial charge < -0.3 is 5.32 Å². The van der Waals surface area contributed by atoms with Crippen molar-refractivity contribution in [2.75, 3.05) is 20.1 Å². The summed E-state index contributed by atoms with van der Waals surface area (Å²) in [4.78, 5) is 24.5. The number of nitrogens with zero attached hydrogens (tertiary/aromatic N) is 1. The summed E-state index contributed by atoms with van der Waals surface area (Å²) >= 11 is 0. The average Bonchev–Trinajstić information content (AvgIpc) is 2.35. The van der Waals surface area contributed by atoms with E-state index in [2.05, 4.69) is 17.2 Å². The molecule has 0 aliphatic rings. The van der Waals surface area contributed by atoms with Crippen molar-refractivity contribution in [3.63, 3.8) is 0 Å². The number of imide groups is 1. The molecule has 2 N–H and O–H groups in total. The van der Waals surface area contributed by atoms with E-state index < -0.39 is 11.9 Å². The van der Waals surface area contributed by atoms with Crippen LogP contribution in [0.2, 0.25) is 0 Å². The molecule has 0 fully saturated rings. The van der Waals surface area contributed by atoms with Gasteiger partial charge in [0.25, 0.3) is 0 Å². The molecule has 1 aromatic carbocycles. The van der Waals surface area contributed by atoms with Crippen molar-refractivity contribution in [3.05, 3.63) is 48.3 Å². The van der Waals surface area contributed by atoms with E-state index in [-0.39, 0.29) is 18.9 Å². The normalized spacial score (nSPS) is 10.2. The molecule has 108 valence electrons. The fourth-order valence-electron chi connectivity index (χ4n) is 1.62. The highest BCUT2D eigenvalue weighted by atomic mass is 19.1. The maximum absolute atomic E-state index is 13.0. The van der Waals surface area contributed by atoms with Gasteiger partial charge in [-0.1, -0.05) is 18.2 Å². The number of hydrogen-bond acceptors (Lipinski definition) is 3. The SMILES string of the molecule is C=CCNC(=O)NC(=O)CN(C)Cc1cccc(F)c1. The van der Waals surface area contributed by atoms with E-state index in [1.165, 1.54) is 18.2 Å². The highest BCUT2D eigenvalue weighted by Gasteiger charge is 2.10. The summed E-state index contributed by atoms with van der Waals surface area (Å²) in [6, 6.07) is 5.59. The Morgan fingerprint density at radius 2 is 2.20 bits per heavy atom. The van der Waals surface area contributed by atoms with Crippen molar-refractivity contribution >= 4 is 11.9 Å². The van der Waals surface area contributed by atoms with Gasteiger partial charge in [-0.15, -0.1) is 6.58 Å². The predicted octanol–water partition coefficient (Wildman–Crippen LogP) is 1.27. The van der Waals surface area contributed by atoms with Crippen LogP contribution in [0.15, 0.2) is 36.9 Å². The summed E-state index contributed by atoms with van der Waals surface area (Å²) in [5, 5.41) is 4.63. The molecule has 20 heavy (non-hydrogen) atoms. The van der Waals surface area contributed by atoms with E-state index >= 15 is 0 Å². The molecule has 6 heteroatoms. The van der Waals surface area contributed by atoms with Gasteiger partial charge in [0.2, 0.25) is 5.91 Å². The lowest BCUT2D eigenvalue weighted by molar-refractivity contribution is -0.120. The van der Waals surface area contributed by atoms with Crippen LogP contribution in [0.1, 0.15) is 5.56 Å². The van der Waals surface area contributed by atoms with Crippen LogP contribution in [0.3, 0.4) is 0 Å². The number of urea groups is 1. The number of benzene rings is 1. The Morgan fingerprint density at radius 1 is 1.45 bits per heavy atom. The van der Waals surface area contributed by atoms with Gasteiger partial charge in [0, 0.05) is 13.1 Å². The van der Waals surface area contributed by atoms with Crippen molar-refractivity contribution in [1.29, 1.82) is 0 Å². The van der Waals surface area contributed by atoms with E-state index in [9.17, 15) is 14.0 Å². The molecule has 0 saturated heterocycles. The first-order valence-electron chi connectivity index (χ1n) is 6.13. The van der Waals surface area contributed by atoms with Crippen LogP contribution in [0.5, 0.6) is 0 Å². The van der Waals surface area contributed by atoms with E-state index in [4.69, 9.17) is 0 Å². The average molecular weight is 279 g/mol. The molecule has 0 aliphatic carbocycles. The van der Waals surface area contributed by atoms with Crippen LogP contribution in [0.25, 0.3) is 0 Å². The minimum atomic E-state index is -0.561. The molecule has 0 heterocycles. The van der Waals surface area contributed by atoms with Crippen LogP contribution in [-0.2, 0) is 11.3 Å². The summed E-state index contributed by atoms with van der Waals surface area (Å²) in [5.41, 5.74) is 0.761. The molecule has 0 unspecified atom stereocenters. The Morgan fingerprint density at radius 3 is 2.85 bits per heavy atom. The van der Waals surface area contributed by atoms with Gasteiger partial charge in [0.05, 0.1) is 6.54 Å². The third-order valence-electron chi connectivity index (χ3n) is 2.41. The highest BCUT2D eigenvalue weighted by Crippen LogP contribution is 2.05. The van der Waals surface area contributed by atoms with Crippen LogP contribution >= 0.6 is 0 Å². The second-order valence-electron chi connectivity index (χ2n) is 4.35. The number of nitrogens with one attached hydrogen (secondary N) is 2. The number of likely N-dealkylation sites (N-methyl/N-ethyl adjacent to an activating group) is 1. The van der Waals surface area contributed by atoms with Crippen molar-refractivity contribution < 1.29 is 14.0 Å². The van der Waals surface area contributed by atoms with Crippen LogP contribution < -0.4 is 10.6 Å². The molecule has 0 bridgehead atoms. The van der Waals surface area contributed by atoms with Crippen molar-refractivity contribution in [3.8, 4) is 0 Å². The summed E-state index contributed by atoms with van der Waals surface area (Å²) in [6.45, 7) is 4.19. The fraction of sp³-hybridized carbons (Fsp3) is 0.286. The zero-order valence-corrected chi connectivity index (χ0v) is 11.4. The topological polar surface area (TPSA) is 61.4 Å². The van der Waals surface area contributed by atoms with E-state index in [0.717, 1.165) is 5.56 Å². The van der Waals surface area contributed by atoms with Crippen molar-refractivity contribution in [1.82, 2.24) is 15.5 Å². The lowest BCUT2D eigenvalue weighted by Gasteiger charge is -2.16. The molecule has 0 atom stereocenters. The number of carbonyl (C=O) groups is 2. The number of carbonyl (C=O) groups excluding carboxylic acids is 2. The van der Waals surface area contributed by atoms with Gasteiger partial charge >= 0.3 is 6.03 Å². The molecule has 5 nitrogen and oxygen atoms in total. The third kappa shape index (κ3) is 6.10. The third-order valence-corrected chi connectivity index (χ3v) is 2.41. The molecular formula is C14H18FN3O2. The highest BCUT2D eigenvalue weighted by molar-refractivity contribution is 5.95. The lowest BCUT2D eigenvalue weighted by atomic mass is 10.2. The summed E-state index contributed by atoms with van der Waals surface area (Å²) < 4.78 is 13.0. The second-order valence-corrected chi connectivity index (χ2v) is 4.35. The standard InChI is InChI=1S/C14H18FN3O2/c1-3-7-16-14(20)17-13(19)10-18(2)9-11-5-4-6-12(15)8-11/h3-6,8H,1,7,9-10H2,2H3,(H2,16,17,19,20). The zero-order valence-electron chi connectivity index (χ0n) is 11.4. The van der Waals surface area contributed by atoms with E-state index in [0.29, 0.717) is 6.54 Å². The summed E-state index contributed by atoms with van der Waals surface area (Å²) in [6.07, 6.45) is 1.51. The van der Waals surface area contributed by atoms with Gasteiger partial charge in [0.15, 0.2) is 0 Å². The van der Waals surface area contributed by atoms with Gasteiger partial charge in [-0.3, -0.25) is 15.0 Å². The van der Waals surface area contributed by atoms with E-state index in [1.54, 1.807) is 24.1 Å². The van der Waals surface area contributed by atoms with Crippen LogP contribution in [0, 0.1) is 5.82 Å². The Bertz CT molecular complexity index is 491. The first kappa shape index (κ1) is 15.8. The fourth-order valence-corrected chi connectivity index (χ4v) is 1.62. The zero-order chi connectivity index (χ0) is 15.0. The van der Waals surface area contributed by atoms with Crippen LogP contribution in [0.4, 0.5) is 9.18 Å². The Kier molecular flexibility index (Phi) is 6.39. The van der Waals surface area contributed by atoms with E-state index in [1.807, 2.05) is 0 Å². The first-order valence-corrected chi connectivity index (χ1v) is 6.13. The van der Waals surface area contributed by atoms with Gasteiger partial charge in [-0.2, -0.15) is 0 Å². The molecular weight excluding hydrogens is 261 g/mol. The maximum atomic E-state index is 13.0. The quantitative estimate of drug-likeness (QED) is 0.771. The molecule has 1 aromatic rings. The minimum Gasteiger partial charge on any atom is -0.334 e. The summed E-state index contributed by atoms with van der Waals surface area (Å²) in [5.74, 6) is -0.741. The Hall–Kier alpha value is -2.21. The molecule has 0 radical (unpaired) electrons. The Balaban J connectivity index is 2.38. The first-order chi connectivity index (χ1) is 9.51. The van der Waals surface area contributed by atoms with Crippen molar-refractivity contribution in [2.24, 2.45) is 0 Å². The van der Waals surface area contributed by atoms with Gasteiger partial charge in [-0.05, 0) is 24.7 Å². The predicted molar refractivity (Wildman–Crippen MR) is 74.5 cm³/mol. The monoisotopic (exact) mass is 279 g/mol. The molecule has 0 aliphatic heterocycles. The Labute approximate surface area is 117 Å². The maximum Gasteiger partial charge on any atom is 0.321 e. The van der Waals surface area contributed by atoms with Crippen molar-refractivity contribution in [2.45, 2.75) is 6.54 Å². The number of halogens is 1. The molecule has 0 spiro atoms. The lowest BCUT2D eigenvalue weighted by Crippen LogP contribution is -2.43. The minimum absolute atomic E-state index is 0.0397. The van der Waals surface area contributed by atoms with Crippen LogP contribution in [-0.4, -0.2) is 37.0 Å². The molecule has 0 saturated carbocycles. The molecule has 0 aromatic heterocycles. The largest absolute Gasteiger partial charge is 0.334 e.